The van der Waals surface area contributed by atoms with E-state index in [0.717, 1.165) is 71.9 Å². The number of unbranched alkanes of at least 4 members (excludes halogenated alkanes) is 3. The number of nitrogens with two attached hydrogens (primary N) is 1. The molecule has 0 bridgehead atoms. The standard InChI is InChI=1S/C21H27N7O3S/c22-21-24-12-14(13-25-21)19-26-15-11-16(23-6-4-2-1-3-5-17(29)30)32-18(15)20(27-19)28-7-9-31-10-8-28/h11-13,23H,1-10H2,(H,29,30)(H2,22,24,25). The minimum absolute atomic E-state index is 0.216. The van der Waals surface area contributed by atoms with Crippen molar-refractivity contribution in [1.82, 2.24) is 19.9 Å². The number of aliphatic carboxylic acids is 1. The van der Waals surface area contributed by atoms with Gasteiger partial charge in [-0.3, -0.25) is 4.79 Å². The smallest absolute Gasteiger partial charge is 0.303 e. The molecule has 4 N–H and O–H groups in total. The lowest BCUT2D eigenvalue weighted by atomic mass is 10.1. The SMILES string of the molecule is Nc1ncc(-c2nc(N3CCOCC3)c3sc(NCCCCCCC(=O)O)cc3n2)cn1. The number of nitrogens with one attached hydrogen (secondary N) is 1. The van der Waals surface area contributed by atoms with Crippen LogP contribution in [-0.2, 0) is 9.53 Å². The molecule has 0 aliphatic carbocycles. The fraction of sp³-hybridized carbons (Fsp3) is 0.476. The van der Waals surface area contributed by atoms with E-state index in [1.807, 2.05) is 0 Å². The summed E-state index contributed by atoms with van der Waals surface area (Å²) < 4.78 is 6.55. The number of nitrogen functional groups attached to an aromatic ring is 1. The fourth-order valence-electron chi connectivity index (χ4n) is 3.54. The number of carboxylic acid groups (broad SMARTS) is 1. The van der Waals surface area contributed by atoms with Crippen LogP contribution in [-0.4, -0.2) is 63.9 Å². The zero-order valence-corrected chi connectivity index (χ0v) is 18.6. The maximum Gasteiger partial charge on any atom is 0.303 e. The number of rotatable bonds is 10. The van der Waals surface area contributed by atoms with Crippen molar-refractivity contribution in [3.63, 3.8) is 0 Å². The van der Waals surface area contributed by atoms with E-state index >= 15 is 0 Å². The minimum atomic E-state index is -0.726. The van der Waals surface area contributed by atoms with Gasteiger partial charge in [0.1, 0.15) is 0 Å². The van der Waals surface area contributed by atoms with Crippen LogP contribution in [0.25, 0.3) is 21.6 Å². The number of nitrogens with zero attached hydrogens (tertiary/aromatic N) is 5. The van der Waals surface area contributed by atoms with Crippen molar-refractivity contribution < 1.29 is 14.6 Å². The van der Waals surface area contributed by atoms with Gasteiger partial charge in [0, 0.05) is 38.4 Å². The molecule has 32 heavy (non-hydrogen) atoms. The number of aromatic nitrogens is 4. The van der Waals surface area contributed by atoms with Gasteiger partial charge in [-0.1, -0.05) is 12.8 Å². The van der Waals surface area contributed by atoms with Crippen molar-refractivity contribution >= 4 is 44.3 Å². The van der Waals surface area contributed by atoms with E-state index in [0.29, 0.717) is 19.0 Å². The first-order chi connectivity index (χ1) is 15.6. The molecule has 0 aromatic carbocycles. The lowest BCUT2D eigenvalue weighted by molar-refractivity contribution is -0.137. The van der Waals surface area contributed by atoms with Crippen molar-refractivity contribution in [2.75, 3.05) is 48.8 Å². The van der Waals surface area contributed by atoms with E-state index in [4.69, 9.17) is 25.5 Å². The first-order valence-corrected chi connectivity index (χ1v) is 11.6. The molecule has 0 radical (unpaired) electrons. The number of ether oxygens (including phenoxy) is 1. The number of morpholine rings is 1. The van der Waals surface area contributed by atoms with Crippen LogP contribution in [0, 0.1) is 0 Å². The van der Waals surface area contributed by atoms with E-state index in [2.05, 4.69) is 26.3 Å². The highest BCUT2D eigenvalue weighted by atomic mass is 32.1. The lowest BCUT2D eigenvalue weighted by Crippen LogP contribution is -2.36. The van der Waals surface area contributed by atoms with Crippen LogP contribution < -0.4 is 16.0 Å². The van der Waals surface area contributed by atoms with Gasteiger partial charge in [-0.05, 0) is 18.9 Å². The average Bonchev–Trinajstić information content (AvgIpc) is 3.21. The van der Waals surface area contributed by atoms with Gasteiger partial charge in [0.25, 0.3) is 0 Å². The van der Waals surface area contributed by atoms with Gasteiger partial charge in [0.05, 0.1) is 34.0 Å². The van der Waals surface area contributed by atoms with Crippen LogP contribution in [0.4, 0.5) is 16.8 Å². The molecule has 4 rings (SSSR count). The van der Waals surface area contributed by atoms with Crippen molar-refractivity contribution in [1.29, 1.82) is 0 Å². The third kappa shape index (κ3) is 5.60. The number of carbonyl (C=O) groups is 1. The summed E-state index contributed by atoms with van der Waals surface area (Å²) in [6.45, 7) is 3.73. The molecule has 0 spiro atoms. The molecule has 0 unspecified atom stereocenters. The highest BCUT2D eigenvalue weighted by molar-refractivity contribution is 7.23. The average molecular weight is 458 g/mol. The first kappa shape index (κ1) is 22.2. The highest BCUT2D eigenvalue weighted by Gasteiger charge is 2.20. The summed E-state index contributed by atoms with van der Waals surface area (Å²) in [5, 5.41) is 13.2. The van der Waals surface area contributed by atoms with Gasteiger partial charge < -0.3 is 25.8 Å². The van der Waals surface area contributed by atoms with Crippen LogP contribution >= 0.6 is 11.3 Å². The number of fused-ring (bicyclic) bond motifs is 1. The Morgan fingerprint density at radius 1 is 1.16 bits per heavy atom. The molecule has 1 aliphatic heterocycles. The zero-order chi connectivity index (χ0) is 22.3. The Balaban J connectivity index is 1.51. The third-order valence-electron chi connectivity index (χ3n) is 5.21. The van der Waals surface area contributed by atoms with Gasteiger partial charge in [-0.25, -0.2) is 19.9 Å². The molecule has 0 saturated carbocycles. The monoisotopic (exact) mass is 457 g/mol. The van der Waals surface area contributed by atoms with Gasteiger partial charge in [0.2, 0.25) is 5.95 Å². The molecule has 170 valence electrons. The Bertz CT molecular complexity index is 1050. The molecule has 3 aromatic rings. The van der Waals surface area contributed by atoms with Crippen molar-refractivity contribution in [2.24, 2.45) is 0 Å². The highest BCUT2D eigenvalue weighted by Crippen LogP contribution is 2.36. The molecule has 11 heteroatoms. The van der Waals surface area contributed by atoms with Gasteiger partial charge in [0.15, 0.2) is 11.6 Å². The predicted molar refractivity (Wildman–Crippen MR) is 125 cm³/mol. The van der Waals surface area contributed by atoms with Crippen LogP contribution in [0.5, 0.6) is 0 Å². The number of hydrogen-bond acceptors (Lipinski definition) is 10. The quantitative estimate of drug-likeness (QED) is 0.389. The largest absolute Gasteiger partial charge is 0.481 e. The van der Waals surface area contributed by atoms with Crippen LogP contribution in [0.3, 0.4) is 0 Å². The van der Waals surface area contributed by atoms with E-state index in [1.54, 1.807) is 23.7 Å². The normalized spacial score (nSPS) is 14.1. The van der Waals surface area contributed by atoms with Gasteiger partial charge >= 0.3 is 5.97 Å². The molecule has 0 atom stereocenters. The summed E-state index contributed by atoms with van der Waals surface area (Å²) >= 11 is 1.65. The Hall–Kier alpha value is -3.05. The van der Waals surface area contributed by atoms with E-state index in [-0.39, 0.29) is 12.4 Å². The Labute approximate surface area is 189 Å². The summed E-state index contributed by atoms with van der Waals surface area (Å²) in [6.07, 6.45) is 7.18. The number of thiophene rings is 1. The zero-order valence-electron chi connectivity index (χ0n) is 17.8. The third-order valence-corrected chi connectivity index (χ3v) is 6.29. The second-order valence-electron chi connectivity index (χ2n) is 7.61. The van der Waals surface area contributed by atoms with Crippen LogP contribution in [0.15, 0.2) is 18.5 Å². The Kier molecular flexibility index (Phi) is 7.28. The molecule has 4 heterocycles. The molecule has 10 nitrogen and oxygen atoms in total. The first-order valence-electron chi connectivity index (χ1n) is 10.8. The van der Waals surface area contributed by atoms with Gasteiger partial charge in [-0.15, -0.1) is 11.3 Å². The second kappa shape index (κ2) is 10.5. The predicted octanol–water partition coefficient (Wildman–Crippen LogP) is 3.01. The molecule has 1 fully saturated rings. The summed E-state index contributed by atoms with van der Waals surface area (Å²) in [6, 6.07) is 2.05. The summed E-state index contributed by atoms with van der Waals surface area (Å²) in [4.78, 5) is 30.6. The molecular weight excluding hydrogens is 430 g/mol. The Morgan fingerprint density at radius 2 is 1.91 bits per heavy atom. The molecular formula is C21H27N7O3S. The van der Waals surface area contributed by atoms with E-state index in [9.17, 15) is 4.79 Å². The molecule has 1 aliphatic rings. The molecule has 1 saturated heterocycles. The summed E-state index contributed by atoms with van der Waals surface area (Å²) in [5.74, 6) is 0.960. The molecule has 3 aromatic heterocycles. The Morgan fingerprint density at radius 3 is 2.66 bits per heavy atom. The van der Waals surface area contributed by atoms with Crippen molar-refractivity contribution in [2.45, 2.75) is 32.1 Å². The summed E-state index contributed by atoms with van der Waals surface area (Å²) in [7, 11) is 0. The van der Waals surface area contributed by atoms with Crippen LogP contribution in [0.2, 0.25) is 0 Å². The van der Waals surface area contributed by atoms with Gasteiger partial charge in [-0.2, -0.15) is 0 Å². The van der Waals surface area contributed by atoms with Crippen molar-refractivity contribution in [3.05, 3.63) is 18.5 Å². The van der Waals surface area contributed by atoms with Crippen molar-refractivity contribution in [3.8, 4) is 11.4 Å². The number of anilines is 3. The molecule has 0 amide bonds. The summed E-state index contributed by atoms with van der Waals surface area (Å²) in [5.41, 5.74) is 7.22. The second-order valence-corrected chi connectivity index (χ2v) is 8.66. The number of hydrogen-bond donors (Lipinski definition) is 3. The van der Waals surface area contributed by atoms with E-state index < -0.39 is 5.97 Å². The maximum absolute atomic E-state index is 10.6. The maximum atomic E-state index is 10.6. The minimum Gasteiger partial charge on any atom is -0.481 e. The topological polar surface area (TPSA) is 139 Å². The number of carboxylic acids is 1. The van der Waals surface area contributed by atoms with E-state index in [1.165, 1.54) is 0 Å². The fourth-order valence-corrected chi connectivity index (χ4v) is 4.58. The lowest BCUT2D eigenvalue weighted by Gasteiger charge is -2.28. The van der Waals surface area contributed by atoms with Crippen LogP contribution in [0.1, 0.15) is 32.1 Å².